The first kappa shape index (κ1) is 22.8. The number of aromatic nitrogens is 3. The lowest BCUT2D eigenvalue weighted by molar-refractivity contribution is 0.0169. The summed E-state index contributed by atoms with van der Waals surface area (Å²) in [5.74, 6) is 3.87. The molecular weight excluding hydrogens is 398 g/mol. The summed E-state index contributed by atoms with van der Waals surface area (Å²) in [5.41, 5.74) is 1.14. The van der Waals surface area contributed by atoms with Crippen LogP contribution in [0.15, 0.2) is 23.2 Å². The van der Waals surface area contributed by atoms with E-state index >= 15 is 0 Å². The van der Waals surface area contributed by atoms with Gasteiger partial charge in [-0.3, -0.25) is 9.89 Å². The second-order valence-electron chi connectivity index (χ2n) is 7.31. The van der Waals surface area contributed by atoms with Gasteiger partial charge in [0.25, 0.3) is 0 Å². The van der Waals surface area contributed by atoms with Crippen LogP contribution in [0.1, 0.15) is 23.3 Å². The summed E-state index contributed by atoms with van der Waals surface area (Å²) in [4.78, 5) is 6.77. The second-order valence-corrected chi connectivity index (χ2v) is 7.31. The van der Waals surface area contributed by atoms with Gasteiger partial charge in [-0.25, -0.2) is 0 Å². The quantitative estimate of drug-likeness (QED) is 0.470. The van der Waals surface area contributed by atoms with Crippen LogP contribution in [-0.4, -0.2) is 79.7 Å². The first-order valence-corrected chi connectivity index (χ1v) is 10.4. The molecule has 1 aromatic carbocycles. The molecule has 1 saturated heterocycles. The van der Waals surface area contributed by atoms with Gasteiger partial charge in [-0.15, -0.1) is 10.2 Å². The molecule has 170 valence electrons. The molecule has 0 spiro atoms. The number of rotatable bonds is 8. The van der Waals surface area contributed by atoms with Gasteiger partial charge in [-0.05, 0) is 24.6 Å². The van der Waals surface area contributed by atoms with Crippen LogP contribution in [0.2, 0.25) is 0 Å². The molecule has 2 aromatic rings. The summed E-state index contributed by atoms with van der Waals surface area (Å²) < 4.78 is 18.4. The van der Waals surface area contributed by atoms with Crippen molar-refractivity contribution in [2.24, 2.45) is 12.0 Å². The Morgan fingerprint density at radius 1 is 1.16 bits per heavy atom. The monoisotopic (exact) mass is 431 g/mol. The molecule has 0 saturated carbocycles. The molecule has 2 N–H and O–H groups in total. The van der Waals surface area contributed by atoms with Crippen LogP contribution in [-0.2, 0) is 18.3 Å². The lowest BCUT2D eigenvalue weighted by Crippen LogP contribution is -2.46. The topological polar surface area (TPSA) is 98.1 Å². The number of aryl methyl sites for hydroxylation is 1. The molecule has 0 bridgehead atoms. The zero-order valence-corrected chi connectivity index (χ0v) is 19.0. The van der Waals surface area contributed by atoms with E-state index in [1.165, 1.54) is 0 Å². The first-order valence-electron chi connectivity index (χ1n) is 10.4. The van der Waals surface area contributed by atoms with Gasteiger partial charge >= 0.3 is 0 Å². The number of benzene rings is 1. The standard InChI is InChI=1S/C21H33N7O3/c1-15-25-26-20(27(15)3)14-24-21(22-2)23-13-17(28-8-10-31-11-9-28)16-6-7-18(29-4)19(12-16)30-5/h6-7,12,17H,8-11,13-14H2,1-5H3,(H2,22,23,24). The molecule has 3 rings (SSSR count). The van der Waals surface area contributed by atoms with Gasteiger partial charge in [0.15, 0.2) is 23.3 Å². The number of aliphatic imine (C=N–C) groups is 1. The number of nitrogens with one attached hydrogen (secondary N) is 2. The highest BCUT2D eigenvalue weighted by atomic mass is 16.5. The van der Waals surface area contributed by atoms with Crippen molar-refractivity contribution in [3.05, 3.63) is 35.4 Å². The fourth-order valence-electron chi connectivity index (χ4n) is 3.59. The van der Waals surface area contributed by atoms with E-state index in [0.717, 1.165) is 55.0 Å². The number of hydrogen-bond donors (Lipinski definition) is 2. The molecule has 1 atom stereocenters. The average molecular weight is 432 g/mol. The molecular formula is C21H33N7O3. The Morgan fingerprint density at radius 2 is 1.90 bits per heavy atom. The third-order valence-corrected chi connectivity index (χ3v) is 5.56. The van der Waals surface area contributed by atoms with E-state index in [1.54, 1.807) is 21.3 Å². The molecule has 1 aliphatic rings. The molecule has 31 heavy (non-hydrogen) atoms. The van der Waals surface area contributed by atoms with Crippen LogP contribution in [0.5, 0.6) is 11.5 Å². The van der Waals surface area contributed by atoms with Gasteiger partial charge in [0.05, 0.1) is 40.0 Å². The van der Waals surface area contributed by atoms with Crippen molar-refractivity contribution in [2.75, 3.05) is 54.1 Å². The third kappa shape index (κ3) is 5.65. The number of ether oxygens (including phenoxy) is 3. The molecule has 10 heteroatoms. The number of hydrogen-bond acceptors (Lipinski definition) is 7. The van der Waals surface area contributed by atoms with Crippen LogP contribution in [0.3, 0.4) is 0 Å². The van der Waals surface area contributed by atoms with Gasteiger partial charge < -0.3 is 29.4 Å². The van der Waals surface area contributed by atoms with E-state index in [0.29, 0.717) is 19.0 Å². The predicted octanol–water partition coefficient (Wildman–Crippen LogP) is 0.879. The van der Waals surface area contributed by atoms with Crippen LogP contribution >= 0.6 is 0 Å². The molecule has 10 nitrogen and oxygen atoms in total. The predicted molar refractivity (Wildman–Crippen MR) is 119 cm³/mol. The van der Waals surface area contributed by atoms with Gasteiger partial charge in [0.1, 0.15) is 5.82 Å². The van der Waals surface area contributed by atoms with Crippen molar-refractivity contribution in [3.63, 3.8) is 0 Å². The minimum Gasteiger partial charge on any atom is -0.493 e. The third-order valence-electron chi connectivity index (χ3n) is 5.56. The minimum absolute atomic E-state index is 0.124. The highest BCUT2D eigenvalue weighted by Crippen LogP contribution is 2.32. The Labute approximate surface area is 183 Å². The number of methoxy groups -OCH3 is 2. The van der Waals surface area contributed by atoms with Crippen molar-refractivity contribution in [1.29, 1.82) is 0 Å². The van der Waals surface area contributed by atoms with E-state index in [9.17, 15) is 0 Å². The average Bonchev–Trinajstić information content (AvgIpc) is 3.13. The summed E-state index contributed by atoms with van der Waals surface area (Å²) in [7, 11) is 7.02. The van der Waals surface area contributed by atoms with Crippen molar-refractivity contribution >= 4 is 5.96 Å². The van der Waals surface area contributed by atoms with E-state index in [2.05, 4.69) is 36.8 Å². The molecule has 0 aliphatic carbocycles. The Bertz CT molecular complexity index is 878. The first-order chi connectivity index (χ1) is 15.1. The van der Waals surface area contributed by atoms with Gasteiger partial charge in [0, 0.05) is 33.7 Å². The molecule has 2 heterocycles. The Hall–Kier alpha value is -2.85. The Balaban J connectivity index is 1.71. The molecule has 1 unspecified atom stereocenters. The lowest BCUT2D eigenvalue weighted by atomic mass is 10.0. The fraction of sp³-hybridized carbons (Fsp3) is 0.571. The van der Waals surface area contributed by atoms with Crippen LogP contribution < -0.4 is 20.1 Å². The molecule has 0 radical (unpaired) electrons. The highest BCUT2D eigenvalue weighted by Gasteiger charge is 2.24. The lowest BCUT2D eigenvalue weighted by Gasteiger charge is -2.35. The summed E-state index contributed by atoms with van der Waals surface area (Å²) in [6.07, 6.45) is 0. The van der Waals surface area contributed by atoms with E-state index in [-0.39, 0.29) is 6.04 Å². The molecule has 1 aromatic heterocycles. The zero-order chi connectivity index (χ0) is 22.2. The van der Waals surface area contributed by atoms with Crippen LogP contribution in [0, 0.1) is 6.92 Å². The van der Waals surface area contributed by atoms with Crippen molar-refractivity contribution in [3.8, 4) is 11.5 Å². The maximum atomic E-state index is 5.56. The summed E-state index contributed by atoms with van der Waals surface area (Å²) >= 11 is 0. The minimum atomic E-state index is 0.124. The van der Waals surface area contributed by atoms with Crippen molar-refractivity contribution in [1.82, 2.24) is 30.3 Å². The van der Waals surface area contributed by atoms with Crippen LogP contribution in [0.4, 0.5) is 0 Å². The Morgan fingerprint density at radius 3 is 2.52 bits per heavy atom. The fourth-order valence-corrected chi connectivity index (χ4v) is 3.59. The van der Waals surface area contributed by atoms with Gasteiger partial charge in [-0.2, -0.15) is 0 Å². The molecule has 1 aliphatic heterocycles. The SMILES string of the molecule is CN=C(NCc1nnc(C)n1C)NCC(c1ccc(OC)c(OC)c1)N1CCOCC1. The van der Waals surface area contributed by atoms with E-state index in [4.69, 9.17) is 14.2 Å². The number of nitrogens with zero attached hydrogens (tertiary/aromatic N) is 5. The smallest absolute Gasteiger partial charge is 0.191 e. The highest BCUT2D eigenvalue weighted by molar-refractivity contribution is 5.79. The number of guanidine groups is 1. The van der Waals surface area contributed by atoms with Crippen molar-refractivity contribution in [2.45, 2.75) is 19.5 Å². The van der Waals surface area contributed by atoms with Gasteiger partial charge in [0.2, 0.25) is 0 Å². The molecule has 1 fully saturated rings. The summed E-state index contributed by atoms with van der Waals surface area (Å²) in [6.45, 7) is 6.32. The van der Waals surface area contributed by atoms with Gasteiger partial charge in [-0.1, -0.05) is 6.07 Å². The maximum absolute atomic E-state index is 5.56. The molecule has 0 amide bonds. The maximum Gasteiger partial charge on any atom is 0.191 e. The van der Waals surface area contributed by atoms with Crippen LogP contribution in [0.25, 0.3) is 0 Å². The van der Waals surface area contributed by atoms with E-state index < -0.39 is 0 Å². The summed E-state index contributed by atoms with van der Waals surface area (Å²) in [5, 5.41) is 15.1. The Kier molecular flexibility index (Phi) is 8.07. The van der Waals surface area contributed by atoms with E-state index in [1.807, 2.05) is 30.7 Å². The zero-order valence-electron chi connectivity index (χ0n) is 19.0. The summed E-state index contributed by atoms with van der Waals surface area (Å²) in [6, 6.07) is 6.20. The second kappa shape index (κ2) is 11.0. The number of morpholine rings is 1. The largest absolute Gasteiger partial charge is 0.493 e. The van der Waals surface area contributed by atoms with Crippen molar-refractivity contribution < 1.29 is 14.2 Å². The normalized spacial score (nSPS) is 16.1.